The Morgan fingerprint density at radius 2 is 1.62 bits per heavy atom. The normalized spacial score (nSPS) is 15.3. The molecular formula is C28H31N3O. The van der Waals surface area contributed by atoms with Crippen LogP contribution in [0.2, 0.25) is 0 Å². The van der Waals surface area contributed by atoms with E-state index in [0.717, 1.165) is 49.2 Å². The van der Waals surface area contributed by atoms with Crippen molar-refractivity contribution in [2.75, 3.05) is 19.6 Å². The molecule has 0 unspecified atom stereocenters. The minimum atomic E-state index is -0.109. The maximum atomic E-state index is 12.9. The van der Waals surface area contributed by atoms with Crippen molar-refractivity contribution in [3.63, 3.8) is 0 Å². The highest BCUT2D eigenvalue weighted by Crippen LogP contribution is 2.24. The van der Waals surface area contributed by atoms with Gasteiger partial charge in [0.05, 0.1) is 6.04 Å². The van der Waals surface area contributed by atoms with Crippen molar-refractivity contribution in [1.82, 2.24) is 15.2 Å². The van der Waals surface area contributed by atoms with Crippen molar-refractivity contribution >= 4 is 12.0 Å². The van der Waals surface area contributed by atoms with Crippen molar-refractivity contribution in [1.29, 1.82) is 0 Å². The number of benzene rings is 2. The molecule has 164 valence electrons. The molecule has 0 bridgehead atoms. The lowest BCUT2D eigenvalue weighted by Gasteiger charge is -2.31. The number of carbonyl (C=O) groups is 1. The van der Waals surface area contributed by atoms with Crippen LogP contribution >= 0.6 is 0 Å². The molecule has 1 aliphatic heterocycles. The van der Waals surface area contributed by atoms with Gasteiger partial charge in [0.25, 0.3) is 0 Å². The fourth-order valence-corrected chi connectivity index (χ4v) is 4.32. The van der Waals surface area contributed by atoms with Crippen LogP contribution in [0, 0.1) is 5.92 Å². The van der Waals surface area contributed by atoms with Crippen LogP contribution in [-0.4, -0.2) is 35.4 Å². The molecule has 4 rings (SSSR count). The molecule has 1 aromatic heterocycles. The Hall–Kier alpha value is -3.24. The van der Waals surface area contributed by atoms with Crippen LogP contribution < -0.4 is 5.32 Å². The summed E-state index contributed by atoms with van der Waals surface area (Å²) in [7, 11) is 0. The summed E-state index contributed by atoms with van der Waals surface area (Å²) in [5, 5.41) is 3.29. The van der Waals surface area contributed by atoms with Gasteiger partial charge in [-0.15, -0.1) is 0 Å². The quantitative estimate of drug-likeness (QED) is 0.546. The Labute approximate surface area is 191 Å². The zero-order valence-electron chi connectivity index (χ0n) is 18.4. The van der Waals surface area contributed by atoms with Gasteiger partial charge in [0.15, 0.2) is 0 Å². The zero-order chi connectivity index (χ0) is 22.0. The summed E-state index contributed by atoms with van der Waals surface area (Å²) in [5.74, 6) is 0.582. The highest BCUT2D eigenvalue weighted by atomic mass is 16.1. The summed E-state index contributed by atoms with van der Waals surface area (Å²) in [6.45, 7) is 3.02. The number of likely N-dealkylation sites (tertiary alicyclic amines) is 1. The summed E-state index contributed by atoms with van der Waals surface area (Å²) in [5.41, 5.74) is 3.36. The molecular weight excluding hydrogens is 394 g/mol. The van der Waals surface area contributed by atoms with Crippen molar-refractivity contribution in [3.05, 3.63) is 108 Å². The van der Waals surface area contributed by atoms with Crippen molar-refractivity contribution in [2.24, 2.45) is 5.92 Å². The third kappa shape index (κ3) is 6.38. The van der Waals surface area contributed by atoms with Gasteiger partial charge in [-0.1, -0.05) is 78.9 Å². The van der Waals surface area contributed by atoms with Gasteiger partial charge in [-0.3, -0.25) is 14.7 Å². The smallest absolute Gasteiger partial charge is 0.221 e. The summed E-state index contributed by atoms with van der Waals surface area (Å²) in [6, 6.07) is 24.3. The molecule has 0 aliphatic carbocycles. The standard InChI is InChI=1S/C28H31N3O/c32-27(30-28(25-11-3-1-4-12-25)26-13-5-2-6-14-26)21-23-15-19-31(20-16-23)18-8-10-24-9-7-17-29-22-24/h1-14,17,22-23,28H,15-16,18-21H2,(H,30,32)/b10-8+. The Morgan fingerprint density at radius 3 is 2.22 bits per heavy atom. The van der Waals surface area contributed by atoms with Gasteiger partial charge < -0.3 is 5.32 Å². The van der Waals surface area contributed by atoms with E-state index < -0.39 is 0 Å². The fourth-order valence-electron chi connectivity index (χ4n) is 4.32. The number of amides is 1. The average molecular weight is 426 g/mol. The number of hydrogen-bond donors (Lipinski definition) is 1. The molecule has 0 radical (unpaired) electrons. The molecule has 1 amide bonds. The van der Waals surface area contributed by atoms with Crippen LogP contribution in [0.4, 0.5) is 0 Å². The summed E-state index contributed by atoms with van der Waals surface area (Å²) >= 11 is 0. The third-order valence-electron chi connectivity index (χ3n) is 6.11. The highest BCUT2D eigenvalue weighted by molar-refractivity contribution is 5.77. The molecule has 4 nitrogen and oxygen atoms in total. The number of piperidine rings is 1. The fraction of sp³-hybridized carbons (Fsp3) is 0.286. The Bertz CT molecular complexity index is 941. The number of nitrogens with zero attached hydrogens (tertiary/aromatic N) is 2. The van der Waals surface area contributed by atoms with Crippen LogP contribution in [0.25, 0.3) is 6.08 Å². The van der Waals surface area contributed by atoms with Gasteiger partial charge >= 0.3 is 0 Å². The van der Waals surface area contributed by atoms with Crippen LogP contribution in [0.15, 0.2) is 91.3 Å². The Balaban J connectivity index is 1.27. The van der Waals surface area contributed by atoms with Gasteiger partial charge in [-0.25, -0.2) is 0 Å². The van der Waals surface area contributed by atoms with Crippen molar-refractivity contribution in [2.45, 2.75) is 25.3 Å². The lowest BCUT2D eigenvalue weighted by atomic mass is 9.92. The summed E-state index contributed by atoms with van der Waals surface area (Å²) in [4.78, 5) is 19.5. The van der Waals surface area contributed by atoms with E-state index in [1.54, 1.807) is 6.20 Å². The van der Waals surface area contributed by atoms with Crippen LogP contribution in [-0.2, 0) is 4.79 Å². The first-order valence-electron chi connectivity index (χ1n) is 11.5. The summed E-state index contributed by atoms with van der Waals surface area (Å²) in [6.07, 6.45) is 10.7. The summed E-state index contributed by atoms with van der Waals surface area (Å²) < 4.78 is 0. The van der Waals surface area contributed by atoms with Crippen molar-refractivity contribution in [3.8, 4) is 0 Å². The molecule has 32 heavy (non-hydrogen) atoms. The molecule has 1 fully saturated rings. The first kappa shape index (κ1) is 22.0. The van der Waals surface area contributed by atoms with E-state index in [4.69, 9.17) is 0 Å². The molecule has 3 aromatic rings. The van der Waals surface area contributed by atoms with Crippen LogP contribution in [0.1, 0.15) is 42.0 Å². The largest absolute Gasteiger partial charge is 0.345 e. The van der Waals surface area contributed by atoms with Gasteiger partial charge in [0.1, 0.15) is 0 Å². The number of rotatable bonds is 8. The van der Waals surface area contributed by atoms with E-state index in [1.165, 1.54) is 0 Å². The SMILES string of the molecule is O=C(CC1CCN(C/C=C/c2cccnc2)CC1)NC(c1ccccc1)c1ccccc1. The van der Waals surface area contributed by atoms with Gasteiger partial charge in [-0.05, 0) is 54.6 Å². The lowest BCUT2D eigenvalue weighted by molar-refractivity contribution is -0.122. The minimum Gasteiger partial charge on any atom is -0.345 e. The molecule has 1 aliphatic rings. The molecule has 2 heterocycles. The predicted octanol–water partition coefficient (Wildman–Crippen LogP) is 5.10. The van der Waals surface area contributed by atoms with Gasteiger partial charge in [0.2, 0.25) is 5.91 Å². The maximum Gasteiger partial charge on any atom is 0.221 e. The second kappa shape index (κ2) is 11.4. The molecule has 1 N–H and O–H groups in total. The van der Waals surface area contributed by atoms with E-state index in [0.29, 0.717) is 12.3 Å². The molecule has 0 spiro atoms. The number of aromatic nitrogens is 1. The highest BCUT2D eigenvalue weighted by Gasteiger charge is 2.23. The van der Waals surface area contributed by atoms with E-state index in [-0.39, 0.29) is 11.9 Å². The van der Waals surface area contributed by atoms with Crippen LogP contribution in [0.3, 0.4) is 0 Å². The number of nitrogens with one attached hydrogen (secondary N) is 1. The second-order valence-corrected chi connectivity index (χ2v) is 8.46. The molecule has 2 aromatic carbocycles. The maximum absolute atomic E-state index is 12.9. The lowest BCUT2D eigenvalue weighted by Crippen LogP contribution is -2.36. The number of pyridine rings is 1. The minimum absolute atomic E-state index is 0.109. The molecule has 1 saturated heterocycles. The third-order valence-corrected chi connectivity index (χ3v) is 6.11. The van der Waals surface area contributed by atoms with E-state index in [1.807, 2.05) is 48.7 Å². The van der Waals surface area contributed by atoms with E-state index in [2.05, 4.69) is 57.7 Å². The second-order valence-electron chi connectivity index (χ2n) is 8.46. The van der Waals surface area contributed by atoms with Crippen LogP contribution in [0.5, 0.6) is 0 Å². The Morgan fingerprint density at radius 1 is 0.969 bits per heavy atom. The molecule has 0 atom stereocenters. The first-order chi connectivity index (χ1) is 15.8. The Kier molecular flexibility index (Phi) is 7.83. The van der Waals surface area contributed by atoms with Crippen molar-refractivity contribution < 1.29 is 4.79 Å². The number of carbonyl (C=O) groups excluding carboxylic acids is 1. The zero-order valence-corrected chi connectivity index (χ0v) is 18.4. The molecule has 4 heteroatoms. The van der Waals surface area contributed by atoms with Gasteiger partial charge in [0, 0.05) is 25.4 Å². The van der Waals surface area contributed by atoms with E-state index in [9.17, 15) is 4.79 Å². The predicted molar refractivity (Wildman–Crippen MR) is 130 cm³/mol. The molecule has 0 saturated carbocycles. The topological polar surface area (TPSA) is 45.2 Å². The monoisotopic (exact) mass is 425 g/mol. The first-order valence-corrected chi connectivity index (χ1v) is 11.5. The van der Waals surface area contributed by atoms with E-state index >= 15 is 0 Å². The number of hydrogen-bond acceptors (Lipinski definition) is 3. The van der Waals surface area contributed by atoms with Gasteiger partial charge in [-0.2, -0.15) is 0 Å². The average Bonchev–Trinajstić information content (AvgIpc) is 2.85.